The number of nitrogens with zero attached hydrogens (tertiary/aromatic N) is 2. The van der Waals surface area contributed by atoms with Crippen molar-refractivity contribution >= 4 is 41.5 Å². The molecule has 1 aromatic rings. The van der Waals surface area contributed by atoms with Gasteiger partial charge in [-0.15, -0.1) is 24.0 Å². The maximum Gasteiger partial charge on any atom is 0.193 e. The molecule has 0 saturated carbocycles. The molecule has 2 rings (SSSR count). The lowest BCUT2D eigenvalue weighted by atomic mass is 10.1. The molecule has 1 aromatic carbocycles. The van der Waals surface area contributed by atoms with Gasteiger partial charge in [0.25, 0.3) is 0 Å². The number of hydrogen-bond donors (Lipinski definition) is 1. The maximum absolute atomic E-state index is 5.99. The van der Waals surface area contributed by atoms with E-state index in [9.17, 15) is 0 Å². The summed E-state index contributed by atoms with van der Waals surface area (Å²) in [5, 5.41) is 4.08. The number of methoxy groups -OCH3 is 1. The van der Waals surface area contributed by atoms with Crippen LogP contribution in [0.1, 0.15) is 13.3 Å². The van der Waals surface area contributed by atoms with Crippen LogP contribution in [0.2, 0.25) is 5.02 Å². The Kier molecular flexibility index (Phi) is 12.1. The first-order chi connectivity index (χ1) is 12.6. The lowest BCUT2D eigenvalue weighted by Crippen LogP contribution is -2.43. The van der Waals surface area contributed by atoms with E-state index in [1.807, 2.05) is 38.2 Å². The van der Waals surface area contributed by atoms with Gasteiger partial charge in [-0.05, 0) is 31.5 Å². The van der Waals surface area contributed by atoms with Crippen LogP contribution >= 0.6 is 35.6 Å². The van der Waals surface area contributed by atoms with Gasteiger partial charge < -0.3 is 24.4 Å². The van der Waals surface area contributed by atoms with Gasteiger partial charge in [0.15, 0.2) is 5.96 Å². The van der Waals surface area contributed by atoms with E-state index in [1.54, 1.807) is 7.11 Å². The topological polar surface area (TPSA) is 55.3 Å². The van der Waals surface area contributed by atoms with Crippen LogP contribution in [0.25, 0.3) is 0 Å². The van der Waals surface area contributed by atoms with Crippen molar-refractivity contribution in [2.24, 2.45) is 10.9 Å². The van der Waals surface area contributed by atoms with E-state index in [0.717, 1.165) is 37.8 Å². The normalized spacial score (nSPS) is 18.1. The zero-order valence-electron chi connectivity index (χ0n) is 16.3. The SMILES string of the molecule is CN=C(NCC(C)Oc1cccc(Cl)c1)N1CCC(COCCOC)C1.I. The summed E-state index contributed by atoms with van der Waals surface area (Å²) in [4.78, 5) is 6.68. The standard InChI is InChI=1S/C19H30ClN3O3.HI/c1-15(26-18-6-4-5-17(20)11-18)12-22-19(21-2)23-8-7-16(13-23)14-25-10-9-24-3;/h4-6,11,15-16H,7-10,12-14H2,1-3H3,(H,21,22);1H. The van der Waals surface area contributed by atoms with Crippen molar-refractivity contribution in [1.29, 1.82) is 0 Å². The minimum Gasteiger partial charge on any atom is -0.489 e. The second-order valence-electron chi connectivity index (χ2n) is 6.48. The highest BCUT2D eigenvalue weighted by Gasteiger charge is 2.25. The summed E-state index contributed by atoms with van der Waals surface area (Å²) >= 11 is 5.99. The number of ether oxygens (including phenoxy) is 3. The Hall–Kier alpha value is -0.770. The number of benzene rings is 1. The largest absolute Gasteiger partial charge is 0.489 e. The van der Waals surface area contributed by atoms with E-state index in [2.05, 4.69) is 15.2 Å². The summed E-state index contributed by atoms with van der Waals surface area (Å²) in [7, 11) is 3.50. The molecule has 6 nitrogen and oxygen atoms in total. The number of guanidine groups is 1. The summed E-state index contributed by atoms with van der Waals surface area (Å²) in [6, 6.07) is 7.45. The number of halogens is 2. The van der Waals surface area contributed by atoms with Gasteiger partial charge in [0.05, 0.1) is 26.4 Å². The third-order valence-corrected chi connectivity index (χ3v) is 4.50. The first-order valence-electron chi connectivity index (χ1n) is 9.07. The van der Waals surface area contributed by atoms with E-state index >= 15 is 0 Å². The number of likely N-dealkylation sites (tertiary alicyclic amines) is 1. The van der Waals surface area contributed by atoms with Crippen LogP contribution in [0.15, 0.2) is 29.3 Å². The van der Waals surface area contributed by atoms with Crippen molar-refractivity contribution in [2.75, 3.05) is 53.6 Å². The third-order valence-electron chi connectivity index (χ3n) is 4.26. The fourth-order valence-corrected chi connectivity index (χ4v) is 3.12. The smallest absolute Gasteiger partial charge is 0.193 e. The van der Waals surface area contributed by atoms with Gasteiger partial charge >= 0.3 is 0 Å². The molecule has 2 unspecified atom stereocenters. The molecule has 0 spiro atoms. The third kappa shape index (κ3) is 8.85. The molecule has 1 saturated heterocycles. The summed E-state index contributed by atoms with van der Waals surface area (Å²) in [6.07, 6.45) is 1.11. The molecule has 1 heterocycles. The molecular weight excluding hydrogens is 481 g/mol. The van der Waals surface area contributed by atoms with Gasteiger partial charge in [0, 0.05) is 38.2 Å². The van der Waals surface area contributed by atoms with Crippen molar-refractivity contribution < 1.29 is 14.2 Å². The van der Waals surface area contributed by atoms with Crippen LogP contribution in [0, 0.1) is 5.92 Å². The first kappa shape index (κ1) is 24.3. The Morgan fingerprint density at radius 2 is 2.22 bits per heavy atom. The molecule has 2 atom stereocenters. The van der Waals surface area contributed by atoms with Crippen molar-refractivity contribution in [3.63, 3.8) is 0 Å². The highest BCUT2D eigenvalue weighted by atomic mass is 127. The van der Waals surface area contributed by atoms with Gasteiger partial charge in [-0.2, -0.15) is 0 Å². The van der Waals surface area contributed by atoms with Gasteiger partial charge in [0.1, 0.15) is 11.9 Å². The Bertz CT molecular complexity index is 577. The number of aliphatic imine (C=N–C) groups is 1. The first-order valence-corrected chi connectivity index (χ1v) is 9.44. The Morgan fingerprint density at radius 3 is 2.93 bits per heavy atom. The van der Waals surface area contributed by atoms with E-state index in [1.165, 1.54) is 0 Å². The van der Waals surface area contributed by atoms with Crippen LogP contribution in [-0.4, -0.2) is 70.6 Å². The van der Waals surface area contributed by atoms with E-state index in [-0.39, 0.29) is 30.1 Å². The molecule has 0 aliphatic carbocycles. The van der Waals surface area contributed by atoms with Gasteiger partial charge in [-0.25, -0.2) is 0 Å². The molecule has 1 N–H and O–H groups in total. The molecule has 1 aliphatic heterocycles. The minimum absolute atomic E-state index is 0. The number of rotatable bonds is 9. The Morgan fingerprint density at radius 1 is 1.41 bits per heavy atom. The number of hydrogen-bond acceptors (Lipinski definition) is 4. The Labute approximate surface area is 184 Å². The average Bonchev–Trinajstić information content (AvgIpc) is 3.08. The zero-order valence-corrected chi connectivity index (χ0v) is 19.4. The summed E-state index contributed by atoms with van der Waals surface area (Å²) in [5.74, 6) is 2.22. The second kappa shape index (κ2) is 13.4. The molecule has 1 fully saturated rings. The molecule has 0 amide bonds. The van der Waals surface area contributed by atoms with Crippen LogP contribution in [0.5, 0.6) is 5.75 Å². The molecule has 1 aliphatic rings. The van der Waals surface area contributed by atoms with Gasteiger partial charge in [-0.3, -0.25) is 4.99 Å². The van der Waals surface area contributed by atoms with Crippen LogP contribution in [-0.2, 0) is 9.47 Å². The van der Waals surface area contributed by atoms with Gasteiger partial charge in [0.2, 0.25) is 0 Å². The molecule has 0 bridgehead atoms. The molecule has 8 heteroatoms. The average molecular weight is 512 g/mol. The zero-order chi connectivity index (χ0) is 18.8. The lowest BCUT2D eigenvalue weighted by molar-refractivity contribution is 0.0536. The van der Waals surface area contributed by atoms with E-state index < -0.39 is 0 Å². The highest BCUT2D eigenvalue weighted by Crippen LogP contribution is 2.19. The fraction of sp³-hybridized carbons (Fsp3) is 0.632. The lowest BCUT2D eigenvalue weighted by Gasteiger charge is -2.23. The minimum atomic E-state index is 0. The fourth-order valence-electron chi connectivity index (χ4n) is 2.93. The summed E-state index contributed by atoms with van der Waals surface area (Å²) in [6.45, 7) is 6.70. The van der Waals surface area contributed by atoms with Gasteiger partial charge in [-0.1, -0.05) is 17.7 Å². The quantitative estimate of drug-likeness (QED) is 0.239. The molecule has 0 aromatic heterocycles. The molecule has 27 heavy (non-hydrogen) atoms. The molecule has 0 radical (unpaired) electrons. The van der Waals surface area contributed by atoms with Crippen LogP contribution < -0.4 is 10.1 Å². The summed E-state index contributed by atoms with van der Waals surface area (Å²) in [5.41, 5.74) is 0. The van der Waals surface area contributed by atoms with E-state index in [0.29, 0.717) is 30.7 Å². The predicted molar refractivity (Wildman–Crippen MR) is 121 cm³/mol. The Balaban J connectivity index is 0.00000364. The highest BCUT2D eigenvalue weighted by molar-refractivity contribution is 14.0. The molecule has 154 valence electrons. The number of nitrogens with one attached hydrogen (secondary N) is 1. The van der Waals surface area contributed by atoms with Crippen molar-refractivity contribution in [3.8, 4) is 5.75 Å². The van der Waals surface area contributed by atoms with Crippen LogP contribution in [0.3, 0.4) is 0 Å². The maximum atomic E-state index is 5.99. The molecular formula is C19H31ClIN3O3. The van der Waals surface area contributed by atoms with E-state index in [4.69, 9.17) is 25.8 Å². The van der Waals surface area contributed by atoms with Crippen LogP contribution in [0.4, 0.5) is 0 Å². The predicted octanol–water partition coefficient (Wildman–Crippen LogP) is 3.29. The second-order valence-corrected chi connectivity index (χ2v) is 6.92. The van der Waals surface area contributed by atoms with Crippen molar-refractivity contribution in [2.45, 2.75) is 19.4 Å². The monoisotopic (exact) mass is 511 g/mol. The van der Waals surface area contributed by atoms with Crippen molar-refractivity contribution in [1.82, 2.24) is 10.2 Å². The summed E-state index contributed by atoms with van der Waals surface area (Å²) < 4.78 is 16.6. The van der Waals surface area contributed by atoms with Crippen molar-refractivity contribution in [3.05, 3.63) is 29.3 Å².